The van der Waals surface area contributed by atoms with Gasteiger partial charge in [0, 0.05) is 4.47 Å². The van der Waals surface area contributed by atoms with Crippen molar-refractivity contribution in [3.05, 3.63) is 69.2 Å². The van der Waals surface area contributed by atoms with Crippen LogP contribution in [-0.4, -0.2) is 0 Å². The van der Waals surface area contributed by atoms with Gasteiger partial charge in [-0.3, -0.25) is 0 Å². The maximum atomic E-state index is 13.1. The minimum Gasteiger partial charge on any atom is -0.204 e. The Morgan fingerprint density at radius 1 is 1.11 bits per heavy atom. The van der Waals surface area contributed by atoms with E-state index in [1.54, 1.807) is 6.07 Å². The average Bonchev–Trinajstić information content (AvgIpc) is 2.32. The second kappa shape index (κ2) is 6.02. The number of alkyl halides is 1. The minimum atomic E-state index is -0.841. The molecule has 4 heteroatoms. The zero-order valence-corrected chi connectivity index (χ0v) is 12.6. The Balaban J connectivity index is 2.20. The first-order valence-corrected chi connectivity index (χ1v) is 7.04. The van der Waals surface area contributed by atoms with Crippen LogP contribution in [0, 0.1) is 18.6 Å². The van der Waals surface area contributed by atoms with E-state index in [1.165, 1.54) is 6.07 Å². The third kappa shape index (κ3) is 3.77. The minimum absolute atomic E-state index is 0.277. The Morgan fingerprint density at radius 2 is 1.84 bits per heavy atom. The Bertz CT molecular complexity index is 578. The van der Waals surface area contributed by atoms with E-state index in [1.807, 2.05) is 25.1 Å². The predicted molar refractivity (Wildman–Crippen MR) is 77.5 cm³/mol. The first-order chi connectivity index (χ1) is 8.95. The molecule has 0 N–H and O–H groups in total. The van der Waals surface area contributed by atoms with Crippen molar-refractivity contribution >= 4 is 27.5 Å². The normalized spacial score (nSPS) is 12.5. The SMILES string of the molecule is Cc1cc(Br)cc(C(Cl)Cc2ccc(F)c(F)c2)c1. The summed E-state index contributed by atoms with van der Waals surface area (Å²) in [6.45, 7) is 1.98. The Labute approximate surface area is 124 Å². The highest BCUT2D eigenvalue weighted by molar-refractivity contribution is 9.10. The number of aryl methyl sites for hydroxylation is 1. The summed E-state index contributed by atoms with van der Waals surface area (Å²) in [5, 5.41) is -0.277. The van der Waals surface area contributed by atoms with Gasteiger partial charge >= 0.3 is 0 Å². The highest BCUT2D eigenvalue weighted by Crippen LogP contribution is 2.28. The van der Waals surface area contributed by atoms with Crippen LogP contribution >= 0.6 is 27.5 Å². The van der Waals surface area contributed by atoms with Crippen molar-refractivity contribution in [2.24, 2.45) is 0 Å². The fourth-order valence-electron chi connectivity index (χ4n) is 1.94. The zero-order chi connectivity index (χ0) is 14.0. The average molecular weight is 346 g/mol. The van der Waals surface area contributed by atoms with Gasteiger partial charge in [0.2, 0.25) is 0 Å². The first-order valence-electron chi connectivity index (χ1n) is 5.81. The van der Waals surface area contributed by atoms with Crippen LogP contribution in [0.4, 0.5) is 8.78 Å². The van der Waals surface area contributed by atoms with Gasteiger partial charge in [-0.25, -0.2) is 8.78 Å². The number of halogens is 4. The number of rotatable bonds is 3. The molecule has 0 aromatic heterocycles. The molecular weight excluding hydrogens is 334 g/mol. The molecule has 1 atom stereocenters. The Kier molecular flexibility index (Phi) is 4.58. The third-order valence-corrected chi connectivity index (χ3v) is 3.69. The molecule has 0 bridgehead atoms. The molecule has 2 rings (SSSR count). The molecule has 0 aliphatic carbocycles. The molecule has 0 saturated heterocycles. The van der Waals surface area contributed by atoms with Crippen LogP contribution in [0.5, 0.6) is 0 Å². The molecule has 0 radical (unpaired) electrons. The fourth-order valence-corrected chi connectivity index (χ4v) is 2.87. The molecular formula is C15H12BrClF2. The molecule has 0 aliphatic heterocycles. The van der Waals surface area contributed by atoms with E-state index in [0.717, 1.165) is 21.7 Å². The van der Waals surface area contributed by atoms with Crippen molar-refractivity contribution in [3.8, 4) is 0 Å². The van der Waals surface area contributed by atoms with Crippen LogP contribution < -0.4 is 0 Å². The maximum absolute atomic E-state index is 13.1. The molecule has 0 heterocycles. The van der Waals surface area contributed by atoms with E-state index in [0.29, 0.717) is 12.0 Å². The van der Waals surface area contributed by atoms with Gasteiger partial charge in [-0.2, -0.15) is 0 Å². The lowest BCUT2D eigenvalue weighted by molar-refractivity contribution is 0.507. The number of benzene rings is 2. The van der Waals surface area contributed by atoms with Crippen LogP contribution in [0.3, 0.4) is 0 Å². The summed E-state index contributed by atoms with van der Waals surface area (Å²) in [6, 6.07) is 9.78. The van der Waals surface area contributed by atoms with E-state index in [9.17, 15) is 8.78 Å². The van der Waals surface area contributed by atoms with Gasteiger partial charge in [0.05, 0.1) is 5.38 Å². The van der Waals surface area contributed by atoms with Crippen LogP contribution in [0.15, 0.2) is 40.9 Å². The van der Waals surface area contributed by atoms with Crippen molar-refractivity contribution in [1.29, 1.82) is 0 Å². The van der Waals surface area contributed by atoms with Crippen molar-refractivity contribution in [2.75, 3.05) is 0 Å². The van der Waals surface area contributed by atoms with Crippen molar-refractivity contribution < 1.29 is 8.78 Å². The summed E-state index contributed by atoms with van der Waals surface area (Å²) in [5.74, 6) is -1.68. The van der Waals surface area contributed by atoms with Gasteiger partial charge in [-0.1, -0.05) is 28.1 Å². The molecule has 100 valence electrons. The summed E-state index contributed by atoms with van der Waals surface area (Å²) < 4.78 is 26.9. The summed E-state index contributed by atoms with van der Waals surface area (Å²) in [7, 11) is 0. The van der Waals surface area contributed by atoms with Crippen molar-refractivity contribution in [1.82, 2.24) is 0 Å². The fraction of sp³-hybridized carbons (Fsp3) is 0.200. The highest BCUT2D eigenvalue weighted by Gasteiger charge is 2.12. The lowest BCUT2D eigenvalue weighted by Gasteiger charge is -2.12. The van der Waals surface area contributed by atoms with Crippen molar-refractivity contribution in [3.63, 3.8) is 0 Å². The summed E-state index contributed by atoms with van der Waals surface area (Å²) in [6.07, 6.45) is 0.453. The summed E-state index contributed by atoms with van der Waals surface area (Å²) in [5.41, 5.74) is 2.73. The van der Waals surface area contributed by atoms with Crippen LogP contribution in [0.1, 0.15) is 22.1 Å². The van der Waals surface area contributed by atoms with Crippen LogP contribution in [-0.2, 0) is 6.42 Å². The molecule has 0 aliphatic rings. The van der Waals surface area contributed by atoms with Gasteiger partial charge in [0.25, 0.3) is 0 Å². The Morgan fingerprint density at radius 3 is 2.47 bits per heavy atom. The first kappa shape index (κ1) is 14.5. The van der Waals surface area contributed by atoms with E-state index in [2.05, 4.69) is 15.9 Å². The largest absolute Gasteiger partial charge is 0.204 e. The molecule has 0 amide bonds. The zero-order valence-electron chi connectivity index (χ0n) is 10.3. The molecule has 1 unspecified atom stereocenters. The van der Waals surface area contributed by atoms with Gasteiger partial charge in [-0.15, -0.1) is 11.6 Å². The summed E-state index contributed by atoms with van der Waals surface area (Å²) >= 11 is 9.76. The van der Waals surface area contributed by atoms with Gasteiger partial charge in [0.15, 0.2) is 11.6 Å². The van der Waals surface area contributed by atoms with E-state index in [-0.39, 0.29) is 5.38 Å². The predicted octanol–water partition coefficient (Wildman–Crippen LogP) is 5.56. The monoisotopic (exact) mass is 344 g/mol. The molecule has 2 aromatic rings. The smallest absolute Gasteiger partial charge is 0.159 e. The topological polar surface area (TPSA) is 0 Å². The van der Waals surface area contributed by atoms with Gasteiger partial charge < -0.3 is 0 Å². The standard InChI is InChI=1S/C15H12BrClF2/c1-9-4-11(8-12(16)5-9)13(17)6-10-2-3-14(18)15(19)7-10/h2-5,7-8,13H,6H2,1H3. The lowest BCUT2D eigenvalue weighted by atomic mass is 10.0. The van der Waals surface area contributed by atoms with Gasteiger partial charge in [-0.05, 0) is 54.3 Å². The van der Waals surface area contributed by atoms with E-state index >= 15 is 0 Å². The van der Waals surface area contributed by atoms with Gasteiger partial charge in [0.1, 0.15) is 0 Å². The van der Waals surface area contributed by atoms with Crippen molar-refractivity contribution in [2.45, 2.75) is 18.7 Å². The number of hydrogen-bond acceptors (Lipinski definition) is 0. The van der Waals surface area contributed by atoms with E-state index in [4.69, 9.17) is 11.6 Å². The lowest BCUT2D eigenvalue weighted by Crippen LogP contribution is -1.98. The molecule has 0 fully saturated rings. The third-order valence-electron chi connectivity index (χ3n) is 2.83. The quantitative estimate of drug-likeness (QED) is 0.639. The number of hydrogen-bond donors (Lipinski definition) is 0. The van der Waals surface area contributed by atoms with Crippen LogP contribution in [0.2, 0.25) is 0 Å². The molecule has 0 nitrogen and oxygen atoms in total. The summed E-state index contributed by atoms with van der Waals surface area (Å²) in [4.78, 5) is 0. The highest BCUT2D eigenvalue weighted by atomic mass is 79.9. The maximum Gasteiger partial charge on any atom is 0.159 e. The Hall–Kier alpha value is -0.930. The second-order valence-electron chi connectivity index (χ2n) is 4.48. The molecule has 2 aromatic carbocycles. The molecule has 19 heavy (non-hydrogen) atoms. The molecule has 0 spiro atoms. The second-order valence-corrected chi connectivity index (χ2v) is 5.92. The van der Waals surface area contributed by atoms with E-state index < -0.39 is 11.6 Å². The molecule has 0 saturated carbocycles. The van der Waals surface area contributed by atoms with Crippen LogP contribution in [0.25, 0.3) is 0 Å².